The van der Waals surface area contributed by atoms with Crippen LogP contribution in [-0.2, 0) is 0 Å². The minimum Gasteiger partial charge on any atom is -0.506 e. The summed E-state index contributed by atoms with van der Waals surface area (Å²) in [5.41, 5.74) is 1.85. The van der Waals surface area contributed by atoms with Crippen LogP contribution >= 0.6 is 15.9 Å². The lowest BCUT2D eigenvalue weighted by molar-refractivity contribution is 0.102. The Hall–Kier alpha value is -2.01. The lowest BCUT2D eigenvalue weighted by atomic mass is 10.1. The summed E-state index contributed by atoms with van der Waals surface area (Å²) in [6.45, 7) is 4.27. The number of anilines is 1. The van der Waals surface area contributed by atoms with Crippen LogP contribution in [0.25, 0.3) is 0 Å². The van der Waals surface area contributed by atoms with Gasteiger partial charge in [0.25, 0.3) is 5.91 Å². The monoisotopic (exact) mass is 349 g/mol. The van der Waals surface area contributed by atoms with E-state index in [9.17, 15) is 9.90 Å². The van der Waals surface area contributed by atoms with Crippen LogP contribution in [0.15, 0.2) is 40.9 Å². The molecule has 0 aliphatic heterocycles. The number of hydrogen-bond acceptors (Lipinski definition) is 3. The van der Waals surface area contributed by atoms with Crippen molar-refractivity contribution in [2.24, 2.45) is 0 Å². The number of hydrogen-bond donors (Lipinski definition) is 2. The van der Waals surface area contributed by atoms with Crippen molar-refractivity contribution in [2.75, 3.05) is 11.9 Å². The minimum atomic E-state index is -0.213. The van der Waals surface area contributed by atoms with Gasteiger partial charge in [-0.1, -0.05) is 0 Å². The summed E-state index contributed by atoms with van der Waals surface area (Å²) in [5.74, 6) is 0.696. The van der Waals surface area contributed by atoms with Gasteiger partial charge in [0.2, 0.25) is 0 Å². The summed E-state index contributed by atoms with van der Waals surface area (Å²) < 4.78 is 5.88. The predicted molar refractivity (Wildman–Crippen MR) is 86.1 cm³/mol. The fourth-order valence-electron chi connectivity index (χ4n) is 1.88. The molecule has 110 valence electrons. The number of aromatic hydroxyl groups is 1. The van der Waals surface area contributed by atoms with E-state index in [-0.39, 0.29) is 11.7 Å². The van der Waals surface area contributed by atoms with E-state index in [1.807, 2.05) is 6.92 Å². The van der Waals surface area contributed by atoms with Gasteiger partial charge in [0.15, 0.2) is 0 Å². The molecule has 0 saturated carbocycles. The average molecular weight is 350 g/mol. The molecule has 2 N–H and O–H groups in total. The van der Waals surface area contributed by atoms with Gasteiger partial charge in [-0.05, 0) is 71.7 Å². The van der Waals surface area contributed by atoms with Crippen LogP contribution in [0.5, 0.6) is 11.5 Å². The summed E-state index contributed by atoms with van der Waals surface area (Å²) in [7, 11) is 0. The molecule has 0 unspecified atom stereocenters. The molecule has 21 heavy (non-hydrogen) atoms. The third-order valence-electron chi connectivity index (χ3n) is 2.94. The van der Waals surface area contributed by atoms with Crippen molar-refractivity contribution >= 4 is 27.5 Å². The van der Waals surface area contributed by atoms with Crippen molar-refractivity contribution in [3.05, 3.63) is 52.0 Å². The van der Waals surface area contributed by atoms with Gasteiger partial charge in [-0.25, -0.2) is 0 Å². The smallest absolute Gasteiger partial charge is 0.255 e. The molecule has 1 amide bonds. The minimum absolute atomic E-state index is 0.175. The number of ether oxygens (including phenoxy) is 1. The van der Waals surface area contributed by atoms with Crippen LogP contribution in [0.3, 0.4) is 0 Å². The maximum absolute atomic E-state index is 12.2. The molecule has 5 heteroatoms. The summed E-state index contributed by atoms with van der Waals surface area (Å²) >= 11 is 3.25. The highest BCUT2D eigenvalue weighted by Gasteiger charge is 2.09. The van der Waals surface area contributed by atoms with Gasteiger partial charge in [-0.3, -0.25) is 4.79 Å². The number of rotatable bonds is 4. The molecule has 0 saturated heterocycles. The molecule has 0 aliphatic carbocycles. The normalized spacial score (nSPS) is 10.2. The van der Waals surface area contributed by atoms with E-state index in [2.05, 4.69) is 21.2 Å². The fourth-order valence-corrected chi connectivity index (χ4v) is 2.44. The predicted octanol–water partition coefficient (Wildman–Crippen LogP) is 4.11. The third-order valence-corrected chi connectivity index (χ3v) is 3.54. The SMILES string of the molecule is CCOc1ccc(C(=O)Nc2cc(C)c(O)c(Br)c2)cc1. The van der Waals surface area contributed by atoms with E-state index in [1.54, 1.807) is 43.3 Å². The number of halogens is 1. The van der Waals surface area contributed by atoms with Gasteiger partial charge >= 0.3 is 0 Å². The molecule has 0 atom stereocenters. The molecule has 2 aromatic rings. The fraction of sp³-hybridized carbons (Fsp3) is 0.188. The summed E-state index contributed by atoms with van der Waals surface area (Å²) in [5, 5.41) is 12.5. The first-order valence-corrected chi connectivity index (χ1v) is 7.34. The second-order valence-corrected chi connectivity index (χ2v) is 5.39. The second kappa shape index (κ2) is 6.63. The highest BCUT2D eigenvalue weighted by atomic mass is 79.9. The van der Waals surface area contributed by atoms with Gasteiger partial charge in [0, 0.05) is 11.3 Å². The highest BCUT2D eigenvalue weighted by Crippen LogP contribution is 2.31. The van der Waals surface area contributed by atoms with Crippen LogP contribution in [0, 0.1) is 6.92 Å². The van der Waals surface area contributed by atoms with Gasteiger partial charge in [-0.2, -0.15) is 0 Å². The Morgan fingerprint density at radius 1 is 1.29 bits per heavy atom. The van der Waals surface area contributed by atoms with Gasteiger partial charge in [-0.15, -0.1) is 0 Å². The highest BCUT2D eigenvalue weighted by molar-refractivity contribution is 9.10. The number of phenols is 1. The summed E-state index contributed by atoms with van der Waals surface area (Å²) in [4.78, 5) is 12.2. The molecule has 4 nitrogen and oxygen atoms in total. The Morgan fingerprint density at radius 3 is 2.52 bits per heavy atom. The first-order valence-electron chi connectivity index (χ1n) is 6.54. The van der Waals surface area contributed by atoms with Crippen molar-refractivity contribution in [3.8, 4) is 11.5 Å². The number of benzene rings is 2. The molecule has 0 radical (unpaired) electrons. The maximum atomic E-state index is 12.2. The standard InChI is InChI=1S/C16H16BrNO3/c1-3-21-13-6-4-11(5-7-13)16(20)18-12-8-10(2)15(19)14(17)9-12/h4-9,19H,3H2,1-2H3,(H,18,20). The van der Waals surface area contributed by atoms with Crippen molar-refractivity contribution in [1.29, 1.82) is 0 Å². The van der Waals surface area contributed by atoms with Crippen molar-refractivity contribution in [1.82, 2.24) is 0 Å². The molecular formula is C16H16BrNO3. The number of phenolic OH excluding ortho intramolecular Hbond substituents is 1. The summed E-state index contributed by atoms with van der Waals surface area (Å²) in [6, 6.07) is 10.3. The van der Waals surface area contributed by atoms with Crippen LogP contribution < -0.4 is 10.1 Å². The zero-order chi connectivity index (χ0) is 15.4. The van der Waals surface area contributed by atoms with Gasteiger partial charge in [0.05, 0.1) is 11.1 Å². The average Bonchev–Trinajstić information content (AvgIpc) is 2.45. The van der Waals surface area contributed by atoms with E-state index in [0.29, 0.717) is 27.9 Å². The van der Waals surface area contributed by atoms with Crippen LogP contribution in [0.4, 0.5) is 5.69 Å². The van der Waals surface area contributed by atoms with E-state index in [1.165, 1.54) is 0 Å². The van der Waals surface area contributed by atoms with E-state index >= 15 is 0 Å². The molecule has 2 aromatic carbocycles. The summed E-state index contributed by atoms with van der Waals surface area (Å²) in [6.07, 6.45) is 0. The Bertz CT molecular complexity index is 630. The van der Waals surface area contributed by atoms with E-state index in [0.717, 1.165) is 5.75 Å². The Kier molecular flexibility index (Phi) is 4.85. The topological polar surface area (TPSA) is 58.6 Å². The van der Waals surface area contributed by atoms with E-state index < -0.39 is 0 Å². The first kappa shape index (κ1) is 15.4. The van der Waals surface area contributed by atoms with Crippen molar-refractivity contribution in [2.45, 2.75) is 13.8 Å². The van der Waals surface area contributed by atoms with Crippen LogP contribution in [0.2, 0.25) is 0 Å². The number of carbonyl (C=O) groups is 1. The zero-order valence-electron chi connectivity index (χ0n) is 11.8. The lowest BCUT2D eigenvalue weighted by Crippen LogP contribution is -2.12. The quantitative estimate of drug-likeness (QED) is 0.816. The third kappa shape index (κ3) is 3.76. The molecule has 0 aromatic heterocycles. The molecule has 0 bridgehead atoms. The molecule has 2 rings (SSSR count). The van der Waals surface area contributed by atoms with Gasteiger partial charge < -0.3 is 15.2 Å². The largest absolute Gasteiger partial charge is 0.506 e. The Balaban J connectivity index is 2.14. The molecule has 0 spiro atoms. The molecular weight excluding hydrogens is 334 g/mol. The molecule has 0 aliphatic rings. The van der Waals surface area contributed by atoms with Gasteiger partial charge in [0.1, 0.15) is 11.5 Å². The Morgan fingerprint density at radius 2 is 1.95 bits per heavy atom. The lowest BCUT2D eigenvalue weighted by Gasteiger charge is -2.09. The van der Waals surface area contributed by atoms with Crippen LogP contribution in [0.1, 0.15) is 22.8 Å². The number of aryl methyl sites for hydroxylation is 1. The number of nitrogens with one attached hydrogen (secondary N) is 1. The number of amides is 1. The van der Waals surface area contributed by atoms with Crippen LogP contribution in [-0.4, -0.2) is 17.6 Å². The van der Waals surface area contributed by atoms with Crippen molar-refractivity contribution in [3.63, 3.8) is 0 Å². The Labute approximate surface area is 131 Å². The first-order chi connectivity index (χ1) is 10.0. The zero-order valence-corrected chi connectivity index (χ0v) is 13.4. The molecule has 0 fully saturated rings. The van der Waals surface area contributed by atoms with E-state index in [4.69, 9.17) is 4.74 Å². The van der Waals surface area contributed by atoms with Crippen molar-refractivity contribution < 1.29 is 14.6 Å². The maximum Gasteiger partial charge on any atom is 0.255 e. The second-order valence-electron chi connectivity index (χ2n) is 4.54. The number of carbonyl (C=O) groups excluding carboxylic acids is 1. The molecule has 0 heterocycles.